The summed E-state index contributed by atoms with van der Waals surface area (Å²) in [5.74, 6) is -1.28. The Kier molecular flexibility index (Phi) is 6.14. The maximum absolute atomic E-state index is 13.1. The minimum absolute atomic E-state index is 0.201. The zero-order valence-electron chi connectivity index (χ0n) is 12.9. The Bertz CT molecular complexity index is 682. The summed E-state index contributed by atoms with van der Waals surface area (Å²) >= 11 is 0. The lowest BCUT2D eigenvalue weighted by Gasteiger charge is -2.03. The van der Waals surface area contributed by atoms with Gasteiger partial charge in [-0.25, -0.2) is 4.39 Å². The smallest absolute Gasteiger partial charge is 0.303 e. The summed E-state index contributed by atoms with van der Waals surface area (Å²) in [6.45, 7) is 0.571. The average molecular weight is 320 g/mol. The van der Waals surface area contributed by atoms with Crippen LogP contribution in [0, 0.1) is 5.82 Å². The van der Waals surface area contributed by atoms with Gasteiger partial charge in [0.1, 0.15) is 11.5 Å². The number of carbonyl (C=O) groups excluding carboxylic acids is 1. The molecule has 3 N–H and O–H groups in total. The van der Waals surface area contributed by atoms with E-state index in [1.165, 1.54) is 12.1 Å². The lowest BCUT2D eigenvalue weighted by molar-refractivity contribution is -0.137. The molecular formula is C17H21FN2O3. The van der Waals surface area contributed by atoms with Crippen LogP contribution in [0.3, 0.4) is 0 Å². The van der Waals surface area contributed by atoms with Crippen LogP contribution in [0.2, 0.25) is 0 Å². The van der Waals surface area contributed by atoms with E-state index < -0.39 is 5.97 Å². The normalized spacial score (nSPS) is 10.8. The average Bonchev–Trinajstić information content (AvgIpc) is 2.92. The number of halogens is 1. The van der Waals surface area contributed by atoms with Gasteiger partial charge in [0.05, 0.1) is 0 Å². The van der Waals surface area contributed by atoms with E-state index >= 15 is 0 Å². The van der Waals surface area contributed by atoms with Gasteiger partial charge in [-0.05, 0) is 37.1 Å². The highest BCUT2D eigenvalue weighted by Crippen LogP contribution is 2.16. The number of hydrogen-bond acceptors (Lipinski definition) is 2. The van der Waals surface area contributed by atoms with Crippen LogP contribution in [0.15, 0.2) is 24.3 Å². The monoisotopic (exact) mass is 320 g/mol. The van der Waals surface area contributed by atoms with Crippen molar-refractivity contribution in [2.45, 2.75) is 38.5 Å². The van der Waals surface area contributed by atoms with E-state index in [0.717, 1.165) is 31.2 Å². The molecule has 23 heavy (non-hydrogen) atoms. The number of carbonyl (C=O) groups is 2. The molecule has 0 bridgehead atoms. The SMILES string of the molecule is O=C(O)CCCCCCCNC(=O)c1cc2cc(F)ccc2[nH]1. The van der Waals surface area contributed by atoms with Gasteiger partial charge in [0.2, 0.25) is 0 Å². The zero-order chi connectivity index (χ0) is 16.7. The van der Waals surface area contributed by atoms with Crippen LogP contribution in [0.5, 0.6) is 0 Å². The van der Waals surface area contributed by atoms with Crippen LogP contribution in [0.1, 0.15) is 49.0 Å². The summed E-state index contributed by atoms with van der Waals surface area (Å²) in [7, 11) is 0. The van der Waals surface area contributed by atoms with Gasteiger partial charge in [-0.1, -0.05) is 19.3 Å². The molecule has 0 saturated heterocycles. The van der Waals surface area contributed by atoms with E-state index in [0.29, 0.717) is 24.0 Å². The molecule has 1 amide bonds. The fourth-order valence-electron chi connectivity index (χ4n) is 2.45. The van der Waals surface area contributed by atoms with Crippen LogP contribution in [-0.4, -0.2) is 28.5 Å². The second kappa shape index (κ2) is 8.31. The molecule has 1 aromatic heterocycles. The van der Waals surface area contributed by atoms with Crippen molar-refractivity contribution in [3.8, 4) is 0 Å². The van der Waals surface area contributed by atoms with E-state index in [1.807, 2.05) is 0 Å². The van der Waals surface area contributed by atoms with Crippen LogP contribution in [-0.2, 0) is 4.79 Å². The van der Waals surface area contributed by atoms with Crippen molar-refractivity contribution in [1.82, 2.24) is 10.3 Å². The molecule has 0 spiro atoms. The number of carboxylic acid groups (broad SMARTS) is 1. The number of fused-ring (bicyclic) bond motifs is 1. The van der Waals surface area contributed by atoms with Gasteiger partial charge in [-0.3, -0.25) is 9.59 Å². The Labute approximate surface area is 133 Å². The molecule has 0 aliphatic carbocycles. The molecule has 0 radical (unpaired) electrons. The highest BCUT2D eigenvalue weighted by molar-refractivity contribution is 5.97. The standard InChI is InChI=1S/C17H21FN2O3/c18-13-7-8-14-12(10-13)11-15(20-14)17(23)19-9-5-3-1-2-4-6-16(21)22/h7-8,10-11,20H,1-6,9H2,(H,19,23)(H,21,22). The maximum Gasteiger partial charge on any atom is 0.303 e. The summed E-state index contributed by atoms with van der Waals surface area (Å²) in [6, 6.07) is 5.99. The summed E-state index contributed by atoms with van der Waals surface area (Å²) in [5, 5.41) is 12.0. The van der Waals surface area contributed by atoms with E-state index in [1.54, 1.807) is 12.1 Å². The van der Waals surface area contributed by atoms with Crippen LogP contribution >= 0.6 is 0 Å². The molecule has 0 atom stereocenters. The predicted octanol–water partition coefficient (Wildman–Crippen LogP) is 3.46. The van der Waals surface area contributed by atoms with E-state index in [-0.39, 0.29) is 18.1 Å². The molecule has 2 aromatic rings. The Morgan fingerprint density at radius 2 is 1.83 bits per heavy atom. The molecule has 0 aliphatic heterocycles. The molecule has 6 heteroatoms. The summed E-state index contributed by atoms with van der Waals surface area (Å²) in [5.41, 5.74) is 1.15. The molecule has 0 unspecified atom stereocenters. The second-order valence-electron chi connectivity index (χ2n) is 5.58. The topological polar surface area (TPSA) is 82.2 Å². The first-order valence-corrected chi connectivity index (χ1v) is 7.84. The van der Waals surface area contributed by atoms with Crippen LogP contribution in [0.4, 0.5) is 4.39 Å². The van der Waals surface area contributed by atoms with Gasteiger partial charge in [-0.15, -0.1) is 0 Å². The molecule has 2 rings (SSSR count). The minimum atomic E-state index is -0.754. The number of benzene rings is 1. The van der Waals surface area contributed by atoms with Crippen molar-refractivity contribution in [3.63, 3.8) is 0 Å². The highest BCUT2D eigenvalue weighted by Gasteiger charge is 2.09. The number of aromatic nitrogens is 1. The third-order valence-electron chi connectivity index (χ3n) is 3.68. The lowest BCUT2D eigenvalue weighted by atomic mass is 10.1. The van der Waals surface area contributed by atoms with Gasteiger partial charge < -0.3 is 15.4 Å². The van der Waals surface area contributed by atoms with Gasteiger partial charge >= 0.3 is 5.97 Å². The number of unbranched alkanes of at least 4 members (excludes halogenated alkanes) is 4. The zero-order valence-corrected chi connectivity index (χ0v) is 12.9. The van der Waals surface area contributed by atoms with Crippen molar-refractivity contribution in [1.29, 1.82) is 0 Å². The molecular weight excluding hydrogens is 299 g/mol. The largest absolute Gasteiger partial charge is 0.481 e. The third kappa shape index (κ3) is 5.39. The Morgan fingerprint density at radius 3 is 2.61 bits per heavy atom. The number of amides is 1. The first-order valence-electron chi connectivity index (χ1n) is 7.84. The lowest BCUT2D eigenvalue weighted by Crippen LogP contribution is -2.24. The first kappa shape index (κ1) is 17.0. The molecule has 0 fully saturated rings. The first-order chi connectivity index (χ1) is 11.1. The van der Waals surface area contributed by atoms with Crippen molar-refractivity contribution in [2.24, 2.45) is 0 Å². The summed E-state index contributed by atoms with van der Waals surface area (Å²) in [4.78, 5) is 25.3. The van der Waals surface area contributed by atoms with Gasteiger partial charge in [0, 0.05) is 23.9 Å². The summed E-state index contributed by atoms with van der Waals surface area (Å²) < 4.78 is 13.1. The second-order valence-corrected chi connectivity index (χ2v) is 5.58. The number of rotatable bonds is 9. The molecule has 1 aromatic carbocycles. The van der Waals surface area contributed by atoms with Gasteiger partial charge in [0.25, 0.3) is 5.91 Å². The molecule has 124 valence electrons. The van der Waals surface area contributed by atoms with Crippen molar-refractivity contribution < 1.29 is 19.1 Å². The summed E-state index contributed by atoms with van der Waals surface area (Å²) in [6.07, 6.45) is 4.60. The molecule has 1 heterocycles. The predicted molar refractivity (Wildman–Crippen MR) is 85.9 cm³/mol. The minimum Gasteiger partial charge on any atom is -0.481 e. The molecule has 0 aliphatic rings. The fraction of sp³-hybridized carbons (Fsp3) is 0.412. The van der Waals surface area contributed by atoms with E-state index in [2.05, 4.69) is 10.3 Å². The third-order valence-corrected chi connectivity index (χ3v) is 3.68. The van der Waals surface area contributed by atoms with E-state index in [9.17, 15) is 14.0 Å². The number of nitrogens with one attached hydrogen (secondary N) is 2. The van der Waals surface area contributed by atoms with Crippen molar-refractivity contribution in [3.05, 3.63) is 35.8 Å². The fourth-order valence-corrected chi connectivity index (χ4v) is 2.45. The number of aliphatic carboxylic acids is 1. The Balaban J connectivity index is 1.67. The van der Waals surface area contributed by atoms with Crippen LogP contribution in [0.25, 0.3) is 10.9 Å². The quantitative estimate of drug-likeness (QED) is 0.619. The molecule has 0 saturated carbocycles. The van der Waals surface area contributed by atoms with Gasteiger partial charge in [0.15, 0.2) is 0 Å². The van der Waals surface area contributed by atoms with Gasteiger partial charge in [-0.2, -0.15) is 0 Å². The van der Waals surface area contributed by atoms with Crippen LogP contribution < -0.4 is 5.32 Å². The Morgan fingerprint density at radius 1 is 1.09 bits per heavy atom. The number of hydrogen-bond donors (Lipinski definition) is 3. The van der Waals surface area contributed by atoms with Crippen molar-refractivity contribution >= 4 is 22.8 Å². The highest BCUT2D eigenvalue weighted by atomic mass is 19.1. The van der Waals surface area contributed by atoms with E-state index in [4.69, 9.17) is 5.11 Å². The number of carboxylic acids is 1. The molecule has 5 nitrogen and oxygen atoms in total. The number of aromatic amines is 1. The Hall–Kier alpha value is -2.37. The van der Waals surface area contributed by atoms with Crippen molar-refractivity contribution in [2.75, 3.05) is 6.54 Å². The maximum atomic E-state index is 13.1. The number of H-pyrrole nitrogens is 1.